The van der Waals surface area contributed by atoms with Gasteiger partial charge in [-0.05, 0) is 49.8 Å². The van der Waals surface area contributed by atoms with Crippen molar-refractivity contribution in [2.24, 2.45) is 0 Å². The fourth-order valence-corrected chi connectivity index (χ4v) is 2.88. The van der Waals surface area contributed by atoms with E-state index in [9.17, 15) is 4.79 Å². The first kappa shape index (κ1) is 16.3. The van der Waals surface area contributed by atoms with Gasteiger partial charge in [-0.15, -0.1) is 0 Å². The van der Waals surface area contributed by atoms with Crippen molar-refractivity contribution in [3.05, 3.63) is 29.8 Å². The van der Waals surface area contributed by atoms with E-state index in [2.05, 4.69) is 20.8 Å². The number of ether oxygens (including phenoxy) is 1. The molecule has 1 amide bonds. The van der Waals surface area contributed by atoms with Crippen LogP contribution in [0.2, 0.25) is 0 Å². The van der Waals surface area contributed by atoms with E-state index < -0.39 is 0 Å². The summed E-state index contributed by atoms with van der Waals surface area (Å²) < 4.78 is 5.15. The minimum Gasteiger partial charge on any atom is -0.497 e. The number of benzene rings is 1. The summed E-state index contributed by atoms with van der Waals surface area (Å²) in [7, 11) is 1.67. The Morgan fingerprint density at radius 3 is 2.57 bits per heavy atom. The van der Waals surface area contributed by atoms with Gasteiger partial charge in [0.25, 0.3) is 0 Å². The van der Waals surface area contributed by atoms with Crippen LogP contribution in [-0.2, 0) is 11.2 Å². The topological polar surface area (TPSA) is 29.5 Å². The molecule has 1 aliphatic rings. The Morgan fingerprint density at radius 1 is 1.33 bits per heavy atom. The number of amides is 1. The zero-order chi connectivity index (χ0) is 15.1. The zero-order valence-corrected chi connectivity index (χ0v) is 14.3. The first-order chi connectivity index (χ1) is 10.2. The molecule has 116 valence electrons. The maximum absolute atomic E-state index is 12.5. The second kappa shape index (κ2) is 8.42. The van der Waals surface area contributed by atoms with Gasteiger partial charge < -0.3 is 9.64 Å². The quantitative estimate of drug-likeness (QED) is 0.665. The monoisotopic (exact) mass is 353 g/mol. The van der Waals surface area contributed by atoms with Gasteiger partial charge in [-0.2, -0.15) is 0 Å². The molecular formula is C17H24BrNO2. The Balaban J connectivity index is 1.85. The highest BCUT2D eigenvalue weighted by Gasteiger charge is 2.27. The lowest BCUT2D eigenvalue weighted by atomic mass is 9.91. The zero-order valence-electron chi connectivity index (χ0n) is 12.7. The van der Waals surface area contributed by atoms with Crippen LogP contribution < -0.4 is 4.74 Å². The van der Waals surface area contributed by atoms with E-state index in [1.54, 1.807) is 7.11 Å². The number of halogens is 1. The summed E-state index contributed by atoms with van der Waals surface area (Å²) in [6.45, 7) is 0.886. The molecule has 1 aromatic carbocycles. The normalized spacial score (nSPS) is 14.6. The lowest BCUT2D eigenvalue weighted by Crippen LogP contribution is -2.44. The summed E-state index contributed by atoms with van der Waals surface area (Å²) in [6.07, 6.45) is 6.06. The number of rotatable bonds is 8. The summed E-state index contributed by atoms with van der Waals surface area (Å²) in [5.41, 5.74) is 1.19. The summed E-state index contributed by atoms with van der Waals surface area (Å²) in [5, 5.41) is 0.960. The number of carbonyl (C=O) groups excluding carboxylic acids is 1. The maximum Gasteiger partial charge on any atom is 0.223 e. The molecule has 0 N–H and O–H groups in total. The molecule has 4 heteroatoms. The van der Waals surface area contributed by atoms with Crippen molar-refractivity contribution < 1.29 is 9.53 Å². The molecule has 0 saturated heterocycles. The van der Waals surface area contributed by atoms with E-state index in [0.717, 1.165) is 30.5 Å². The smallest absolute Gasteiger partial charge is 0.223 e. The predicted molar refractivity (Wildman–Crippen MR) is 89.1 cm³/mol. The number of hydrogen-bond donors (Lipinski definition) is 0. The van der Waals surface area contributed by atoms with Crippen LogP contribution in [0.25, 0.3) is 0 Å². The molecule has 0 atom stereocenters. The average molecular weight is 354 g/mol. The highest BCUT2D eigenvalue weighted by molar-refractivity contribution is 9.09. The third-order valence-electron chi connectivity index (χ3n) is 4.16. The van der Waals surface area contributed by atoms with Gasteiger partial charge in [-0.1, -0.05) is 28.1 Å². The molecule has 0 bridgehead atoms. The molecule has 0 radical (unpaired) electrons. The Kier molecular flexibility index (Phi) is 6.55. The Hall–Kier alpha value is -1.03. The van der Waals surface area contributed by atoms with Crippen LogP contribution in [0.15, 0.2) is 24.3 Å². The number of carbonyl (C=O) groups is 1. The van der Waals surface area contributed by atoms with E-state index in [1.165, 1.54) is 24.8 Å². The van der Waals surface area contributed by atoms with Gasteiger partial charge in [0.05, 0.1) is 7.11 Å². The first-order valence-electron chi connectivity index (χ1n) is 7.73. The van der Waals surface area contributed by atoms with Crippen molar-refractivity contribution in [3.63, 3.8) is 0 Å². The average Bonchev–Trinajstić information content (AvgIpc) is 2.47. The third kappa shape index (κ3) is 4.73. The molecule has 3 nitrogen and oxygen atoms in total. The second-order valence-corrected chi connectivity index (χ2v) is 6.36. The van der Waals surface area contributed by atoms with Crippen LogP contribution in [0.5, 0.6) is 5.75 Å². The number of hydrogen-bond acceptors (Lipinski definition) is 2. The minimum atomic E-state index is 0.302. The summed E-state index contributed by atoms with van der Waals surface area (Å²) in [5.74, 6) is 1.16. The lowest BCUT2D eigenvalue weighted by molar-refractivity contribution is -0.135. The number of alkyl halides is 1. The molecule has 0 aliphatic heterocycles. The van der Waals surface area contributed by atoms with Crippen LogP contribution in [0.4, 0.5) is 0 Å². The minimum absolute atomic E-state index is 0.302. The van der Waals surface area contributed by atoms with Crippen LogP contribution in [0.1, 0.15) is 37.7 Å². The summed E-state index contributed by atoms with van der Waals surface area (Å²) in [6, 6.07) is 8.48. The van der Waals surface area contributed by atoms with Crippen LogP contribution in [0, 0.1) is 0 Å². The molecule has 0 heterocycles. The molecule has 1 saturated carbocycles. The van der Waals surface area contributed by atoms with E-state index >= 15 is 0 Å². The van der Waals surface area contributed by atoms with Gasteiger partial charge in [-0.25, -0.2) is 0 Å². The molecular weight excluding hydrogens is 330 g/mol. The van der Waals surface area contributed by atoms with Gasteiger partial charge in [0, 0.05) is 24.3 Å². The van der Waals surface area contributed by atoms with E-state index in [1.807, 2.05) is 24.3 Å². The third-order valence-corrected chi connectivity index (χ3v) is 4.72. The molecule has 0 aromatic heterocycles. The number of aryl methyl sites for hydroxylation is 1. The molecule has 1 aromatic rings. The van der Waals surface area contributed by atoms with E-state index in [-0.39, 0.29) is 0 Å². The van der Waals surface area contributed by atoms with Crippen molar-refractivity contribution >= 4 is 21.8 Å². The standard InChI is InChI=1S/C17H24BrNO2/c1-21-16-9-6-14(7-10-16)8-11-17(20)19(13-3-12-18)15-4-2-5-15/h6-7,9-10,15H,2-5,8,11-13H2,1H3. The van der Waals surface area contributed by atoms with Crippen molar-refractivity contribution in [3.8, 4) is 5.75 Å². The van der Waals surface area contributed by atoms with Gasteiger partial charge in [0.15, 0.2) is 0 Å². The summed E-state index contributed by atoms with van der Waals surface area (Å²) in [4.78, 5) is 14.6. The number of nitrogens with zero attached hydrogens (tertiary/aromatic N) is 1. The predicted octanol–water partition coefficient (Wildman–Crippen LogP) is 3.79. The molecule has 1 aliphatic carbocycles. The molecule has 0 spiro atoms. The van der Waals surface area contributed by atoms with E-state index in [0.29, 0.717) is 18.4 Å². The van der Waals surface area contributed by atoms with Crippen LogP contribution >= 0.6 is 15.9 Å². The fourth-order valence-electron chi connectivity index (χ4n) is 2.63. The molecule has 2 rings (SSSR count). The Bertz CT molecular complexity index is 443. The van der Waals surface area contributed by atoms with Gasteiger partial charge in [0.2, 0.25) is 5.91 Å². The van der Waals surface area contributed by atoms with Gasteiger partial charge in [-0.3, -0.25) is 4.79 Å². The Morgan fingerprint density at radius 2 is 2.05 bits per heavy atom. The lowest BCUT2D eigenvalue weighted by Gasteiger charge is -2.37. The highest BCUT2D eigenvalue weighted by atomic mass is 79.9. The van der Waals surface area contributed by atoms with Gasteiger partial charge >= 0.3 is 0 Å². The molecule has 1 fully saturated rings. The SMILES string of the molecule is COc1ccc(CCC(=O)N(CCCBr)C2CCC2)cc1. The Labute approximate surface area is 135 Å². The van der Waals surface area contributed by atoms with Crippen molar-refractivity contribution in [1.82, 2.24) is 4.90 Å². The fraction of sp³-hybridized carbons (Fsp3) is 0.588. The number of methoxy groups -OCH3 is 1. The van der Waals surface area contributed by atoms with Crippen molar-refractivity contribution in [2.75, 3.05) is 19.0 Å². The van der Waals surface area contributed by atoms with Crippen LogP contribution in [-0.4, -0.2) is 35.8 Å². The first-order valence-corrected chi connectivity index (χ1v) is 8.85. The molecule has 21 heavy (non-hydrogen) atoms. The van der Waals surface area contributed by atoms with Crippen molar-refractivity contribution in [1.29, 1.82) is 0 Å². The van der Waals surface area contributed by atoms with Crippen LogP contribution in [0.3, 0.4) is 0 Å². The molecule has 0 unspecified atom stereocenters. The maximum atomic E-state index is 12.5. The summed E-state index contributed by atoms with van der Waals surface area (Å²) >= 11 is 3.46. The second-order valence-electron chi connectivity index (χ2n) is 5.56. The highest BCUT2D eigenvalue weighted by Crippen LogP contribution is 2.26. The largest absolute Gasteiger partial charge is 0.497 e. The van der Waals surface area contributed by atoms with Gasteiger partial charge in [0.1, 0.15) is 5.75 Å². The van der Waals surface area contributed by atoms with Crippen molar-refractivity contribution in [2.45, 2.75) is 44.6 Å². The van der Waals surface area contributed by atoms with E-state index in [4.69, 9.17) is 4.74 Å².